The summed E-state index contributed by atoms with van der Waals surface area (Å²) in [6.07, 6.45) is 1.71. The molecule has 0 spiro atoms. The maximum Gasteiger partial charge on any atom is 0.231 e. The van der Waals surface area contributed by atoms with Crippen LogP contribution in [0, 0.1) is 0 Å². The van der Waals surface area contributed by atoms with Crippen molar-refractivity contribution in [2.45, 2.75) is 13.2 Å². The second-order valence-electron chi connectivity index (χ2n) is 9.07. The number of benzene rings is 3. The molecule has 184 valence electrons. The van der Waals surface area contributed by atoms with Crippen LogP contribution in [-0.2, 0) is 17.9 Å². The van der Waals surface area contributed by atoms with Crippen LogP contribution in [0.3, 0.4) is 0 Å². The maximum absolute atomic E-state index is 13.2. The first kappa shape index (κ1) is 23.1. The number of para-hydroxylation sites is 1. The van der Waals surface area contributed by atoms with Crippen molar-refractivity contribution in [3.8, 4) is 17.2 Å². The van der Waals surface area contributed by atoms with E-state index in [-0.39, 0.29) is 24.1 Å². The number of phenols is 1. The number of hydrogen-bond donors (Lipinski definition) is 1. The lowest BCUT2D eigenvalue weighted by molar-refractivity contribution is -0.0165. The molecule has 3 aliphatic heterocycles. The van der Waals surface area contributed by atoms with Crippen molar-refractivity contribution in [2.24, 2.45) is 0 Å². The lowest BCUT2D eigenvalue weighted by Gasteiger charge is -2.36. The molecule has 0 amide bonds. The van der Waals surface area contributed by atoms with E-state index in [0.717, 1.165) is 41.8 Å². The van der Waals surface area contributed by atoms with Crippen LogP contribution in [-0.4, -0.2) is 48.8 Å². The molecular formula is C28H25BrN2O5. The van der Waals surface area contributed by atoms with Gasteiger partial charge in [0.2, 0.25) is 5.78 Å². The van der Waals surface area contributed by atoms with E-state index in [1.807, 2.05) is 18.2 Å². The van der Waals surface area contributed by atoms with Crippen LogP contribution in [0.4, 0.5) is 5.69 Å². The third-order valence-electron chi connectivity index (χ3n) is 6.78. The van der Waals surface area contributed by atoms with Crippen molar-refractivity contribution < 1.29 is 24.1 Å². The number of anilines is 1. The van der Waals surface area contributed by atoms with Crippen molar-refractivity contribution in [1.82, 2.24) is 4.90 Å². The molecule has 0 unspecified atom stereocenters. The van der Waals surface area contributed by atoms with Gasteiger partial charge in [0.25, 0.3) is 0 Å². The summed E-state index contributed by atoms with van der Waals surface area (Å²) in [6.45, 7) is 4.58. The van der Waals surface area contributed by atoms with E-state index in [0.29, 0.717) is 35.8 Å². The Bertz CT molecular complexity index is 1350. The van der Waals surface area contributed by atoms with Crippen LogP contribution in [0.5, 0.6) is 17.2 Å². The van der Waals surface area contributed by atoms with Gasteiger partial charge in [-0.1, -0.05) is 34.1 Å². The van der Waals surface area contributed by atoms with Gasteiger partial charge in [0.15, 0.2) is 12.6 Å². The number of phenolic OH excluding ortho intramolecular Hbond substituents is 1. The molecule has 8 heteroatoms. The fraction of sp³-hybridized carbons (Fsp3) is 0.250. The number of fused-ring (bicyclic) bond motifs is 2. The zero-order valence-electron chi connectivity index (χ0n) is 19.6. The number of hydrogen-bond acceptors (Lipinski definition) is 7. The minimum absolute atomic E-state index is 0.133. The molecule has 1 N–H and O–H groups in total. The summed E-state index contributed by atoms with van der Waals surface area (Å²) >= 11 is 3.52. The van der Waals surface area contributed by atoms with Gasteiger partial charge in [0, 0.05) is 54.0 Å². The lowest BCUT2D eigenvalue weighted by atomic mass is 10.0. The average molecular weight is 549 g/mol. The zero-order chi connectivity index (χ0) is 24.6. The Kier molecular flexibility index (Phi) is 6.17. The Morgan fingerprint density at radius 3 is 2.61 bits per heavy atom. The topological polar surface area (TPSA) is 71.5 Å². The summed E-state index contributed by atoms with van der Waals surface area (Å²) in [6, 6.07) is 17.4. The van der Waals surface area contributed by atoms with Gasteiger partial charge in [-0.25, -0.2) is 0 Å². The van der Waals surface area contributed by atoms with E-state index in [9.17, 15) is 9.90 Å². The molecular weight excluding hydrogens is 524 g/mol. The number of halogens is 1. The number of carbonyl (C=O) groups is 1. The average Bonchev–Trinajstić information content (AvgIpc) is 3.21. The second-order valence-corrected chi connectivity index (χ2v) is 9.99. The molecule has 0 aromatic heterocycles. The summed E-state index contributed by atoms with van der Waals surface area (Å²) in [4.78, 5) is 17.9. The SMILES string of the molecule is O=C1/C(=C/c2cc(Br)cc3c2OCOC3)Oc2c1ccc(O)c2CN1CCN(c2ccccc2)CC1. The predicted molar refractivity (Wildman–Crippen MR) is 139 cm³/mol. The first-order chi connectivity index (χ1) is 17.6. The Morgan fingerprint density at radius 2 is 1.81 bits per heavy atom. The highest BCUT2D eigenvalue weighted by atomic mass is 79.9. The minimum atomic E-state index is -0.207. The van der Waals surface area contributed by atoms with Gasteiger partial charge < -0.3 is 24.2 Å². The first-order valence-corrected chi connectivity index (χ1v) is 12.7. The Balaban J connectivity index is 1.24. The van der Waals surface area contributed by atoms with Crippen molar-refractivity contribution >= 4 is 33.5 Å². The molecule has 6 rings (SSSR count). The fourth-order valence-corrected chi connectivity index (χ4v) is 5.46. The molecule has 3 aliphatic rings. The maximum atomic E-state index is 13.2. The molecule has 3 heterocycles. The number of nitrogens with zero attached hydrogens (tertiary/aromatic N) is 2. The number of ether oxygens (including phenoxy) is 3. The Labute approximate surface area is 217 Å². The fourth-order valence-electron chi connectivity index (χ4n) is 4.93. The summed E-state index contributed by atoms with van der Waals surface area (Å²) < 4.78 is 18.1. The monoisotopic (exact) mass is 548 g/mol. The quantitative estimate of drug-likeness (QED) is 0.462. The normalized spacial score (nSPS) is 18.5. The van der Waals surface area contributed by atoms with Crippen molar-refractivity contribution in [2.75, 3.05) is 37.9 Å². The highest BCUT2D eigenvalue weighted by molar-refractivity contribution is 9.10. The lowest BCUT2D eigenvalue weighted by Crippen LogP contribution is -2.46. The number of rotatable bonds is 4. The van der Waals surface area contributed by atoms with E-state index in [1.165, 1.54) is 5.69 Å². The van der Waals surface area contributed by atoms with Gasteiger partial charge in [-0.3, -0.25) is 9.69 Å². The molecule has 1 saturated heterocycles. The highest BCUT2D eigenvalue weighted by Gasteiger charge is 2.32. The van der Waals surface area contributed by atoms with Crippen LogP contribution in [0.1, 0.15) is 27.0 Å². The van der Waals surface area contributed by atoms with Crippen LogP contribution in [0.2, 0.25) is 0 Å². The summed E-state index contributed by atoms with van der Waals surface area (Å²) in [7, 11) is 0. The molecule has 1 fully saturated rings. The molecule has 0 atom stereocenters. The number of piperazine rings is 1. The van der Waals surface area contributed by atoms with Crippen LogP contribution in [0.25, 0.3) is 6.08 Å². The zero-order valence-corrected chi connectivity index (χ0v) is 21.2. The Morgan fingerprint density at radius 1 is 1.00 bits per heavy atom. The van der Waals surface area contributed by atoms with Crippen molar-refractivity contribution in [1.29, 1.82) is 0 Å². The van der Waals surface area contributed by atoms with Crippen LogP contribution >= 0.6 is 15.9 Å². The van der Waals surface area contributed by atoms with E-state index in [2.05, 4.69) is 50.0 Å². The van der Waals surface area contributed by atoms with E-state index in [4.69, 9.17) is 14.2 Å². The van der Waals surface area contributed by atoms with Gasteiger partial charge >= 0.3 is 0 Å². The number of aromatic hydroxyl groups is 1. The van der Waals surface area contributed by atoms with Gasteiger partial charge in [-0.15, -0.1) is 0 Å². The largest absolute Gasteiger partial charge is 0.507 e. The third kappa shape index (κ3) is 4.36. The van der Waals surface area contributed by atoms with Crippen molar-refractivity contribution in [3.05, 3.63) is 87.1 Å². The van der Waals surface area contributed by atoms with Crippen LogP contribution in [0.15, 0.2) is 64.8 Å². The smallest absolute Gasteiger partial charge is 0.231 e. The highest BCUT2D eigenvalue weighted by Crippen LogP contribution is 2.41. The predicted octanol–water partition coefficient (Wildman–Crippen LogP) is 4.96. The van der Waals surface area contributed by atoms with Crippen LogP contribution < -0.4 is 14.4 Å². The van der Waals surface area contributed by atoms with Gasteiger partial charge in [0.05, 0.1) is 17.7 Å². The Hall–Kier alpha value is -3.33. The summed E-state index contributed by atoms with van der Waals surface area (Å²) in [5.41, 5.74) is 3.96. The van der Waals surface area contributed by atoms with Gasteiger partial charge in [-0.05, 0) is 42.5 Å². The molecule has 3 aromatic carbocycles. The molecule has 0 radical (unpaired) electrons. The number of Topliss-reactive ketones (excluding diaryl/α,β-unsaturated/α-hetero) is 1. The molecule has 0 aliphatic carbocycles. The van der Waals surface area contributed by atoms with E-state index in [1.54, 1.807) is 18.2 Å². The van der Waals surface area contributed by atoms with Gasteiger partial charge in [0.1, 0.15) is 17.2 Å². The van der Waals surface area contributed by atoms with E-state index >= 15 is 0 Å². The van der Waals surface area contributed by atoms with Crippen molar-refractivity contribution in [3.63, 3.8) is 0 Å². The standard InChI is InChI=1S/C28H25BrN2O5/c29-20-12-18(27-19(13-20)16-34-17-35-27)14-25-26(33)22-6-7-24(32)23(28(22)36-25)15-30-8-10-31(11-9-30)21-4-2-1-3-5-21/h1-7,12-14,32H,8-11,15-17H2/b25-14-. The van der Waals surface area contributed by atoms with Gasteiger partial charge in [-0.2, -0.15) is 0 Å². The molecule has 36 heavy (non-hydrogen) atoms. The molecule has 7 nitrogen and oxygen atoms in total. The third-order valence-corrected chi connectivity index (χ3v) is 7.24. The first-order valence-electron chi connectivity index (χ1n) is 11.9. The molecule has 0 bridgehead atoms. The molecule has 3 aromatic rings. The number of carbonyl (C=O) groups excluding carboxylic acids is 1. The number of allylic oxidation sites excluding steroid dienone is 1. The summed E-state index contributed by atoms with van der Waals surface area (Å²) in [5.74, 6) is 1.25. The number of ketones is 1. The summed E-state index contributed by atoms with van der Waals surface area (Å²) in [5, 5.41) is 10.7. The minimum Gasteiger partial charge on any atom is -0.507 e. The second kappa shape index (κ2) is 9.61. The van der Waals surface area contributed by atoms with E-state index < -0.39 is 0 Å². The molecule has 0 saturated carbocycles.